The van der Waals surface area contributed by atoms with Crippen molar-refractivity contribution in [2.75, 3.05) is 60.6 Å². The molecule has 0 saturated carbocycles. The minimum absolute atomic E-state index is 0.0599. The lowest BCUT2D eigenvalue weighted by molar-refractivity contribution is -0.119. The molecule has 15 heteroatoms. The molecule has 2 aliphatic rings. The number of carbonyl (C=O) groups is 3. The van der Waals surface area contributed by atoms with E-state index in [-0.39, 0.29) is 56.6 Å². The van der Waals surface area contributed by atoms with Gasteiger partial charge in [0, 0.05) is 39.3 Å². The van der Waals surface area contributed by atoms with Crippen molar-refractivity contribution in [2.24, 2.45) is 0 Å². The highest BCUT2D eigenvalue weighted by atomic mass is 19.1. The second-order valence-corrected chi connectivity index (χ2v) is 10.1. The number of hydrogen-bond donors (Lipinski definition) is 2. The smallest absolute Gasteiger partial charge is 0.414 e. The molecule has 2 N–H and O–H groups in total. The highest BCUT2D eigenvalue weighted by molar-refractivity contribution is 5.94. The molecule has 2 aliphatic heterocycles. The number of amides is 2. The highest BCUT2D eigenvalue weighted by Gasteiger charge is 2.33. The van der Waals surface area contributed by atoms with Gasteiger partial charge in [-0.25, -0.2) is 27.2 Å². The summed E-state index contributed by atoms with van der Waals surface area (Å²) in [6.07, 6.45) is -0.423. The number of aromatic carboxylic acids is 1. The van der Waals surface area contributed by atoms with Crippen LogP contribution in [0.25, 0.3) is 10.9 Å². The Hall–Kier alpha value is -4.82. The average molecular weight is 606 g/mol. The molecular formula is C28H27F4N5O6. The summed E-state index contributed by atoms with van der Waals surface area (Å²) in [5.41, 5.74) is -2.21. The van der Waals surface area contributed by atoms with Crippen LogP contribution < -0.4 is 25.4 Å². The predicted octanol–water partition coefficient (Wildman–Crippen LogP) is 2.87. The van der Waals surface area contributed by atoms with Gasteiger partial charge in [-0.05, 0) is 24.3 Å². The molecule has 1 atom stereocenters. The van der Waals surface area contributed by atoms with E-state index in [0.717, 1.165) is 16.8 Å². The SMILES string of the molecule is CC(=O)NCC1CN(c2ccc(N3CCN(c4c(F)cc5c(=O)c(C(=O)O)cn(CCF)c5c4F)CC3)c(F)c2)C(=O)O1. The first-order valence-electron chi connectivity index (χ1n) is 13.4. The maximum Gasteiger partial charge on any atom is 0.414 e. The Balaban J connectivity index is 1.34. The van der Waals surface area contributed by atoms with Crippen molar-refractivity contribution in [3.05, 3.63) is 63.7 Å². The fourth-order valence-electron chi connectivity index (χ4n) is 5.37. The summed E-state index contributed by atoms with van der Waals surface area (Å²) in [6.45, 7) is 0.585. The van der Waals surface area contributed by atoms with E-state index < -0.39 is 76.4 Å². The van der Waals surface area contributed by atoms with Gasteiger partial charge in [-0.15, -0.1) is 0 Å². The Labute approximate surface area is 241 Å². The lowest BCUT2D eigenvalue weighted by Crippen LogP contribution is -2.47. The number of benzene rings is 2. The number of cyclic esters (lactones) is 1. The molecule has 0 bridgehead atoms. The van der Waals surface area contributed by atoms with Gasteiger partial charge in [0.15, 0.2) is 5.82 Å². The zero-order valence-electron chi connectivity index (χ0n) is 22.9. The van der Waals surface area contributed by atoms with E-state index in [1.807, 2.05) is 0 Å². The molecule has 11 nitrogen and oxygen atoms in total. The lowest BCUT2D eigenvalue weighted by Gasteiger charge is -2.38. The Morgan fingerprint density at radius 1 is 1.05 bits per heavy atom. The molecule has 228 valence electrons. The van der Waals surface area contributed by atoms with Crippen molar-refractivity contribution in [3.8, 4) is 0 Å². The first-order valence-corrected chi connectivity index (χ1v) is 13.4. The van der Waals surface area contributed by atoms with E-state index >= 15 is 13.2 Å². The largest absolute Gasteiger partial charge is 0.477 e. The number of nitrogens with zero attached hydrogens (tertiary/aromatic N) is 4. The van der Waals surface area contributed by atoms with Gasteiger partial charge < -0.3 is 29.5 Å². The molecule has 3 aromatic rings. The number of piperazine rings is 1. The first-order chi connectivity index (χ1) is 20.5. The number of anilines is 3. The molecule has 3 heterocycles. The Morgan fingerprint density at radius 2 is 1.74 bits per heavy atom. The van der Waals surface area contributed by atoms with Crippen LogP contribution in [0.1, 0.15) is 17.3 Å². The maximum atomic E-state index is 15.8. The summed E-state index contributed by atoms with van der Waals surface area (Å²) in [5.74, 6) is -4.73. The third kappa shape index (κ3) is 5.66. The van der Waals surface area contributed by atoms with Crippen molar-refractivity contribution in [3.63, 3.8) is 0 Å². The second kappa shape index (κ2) is 11.8. The zero-order chi connectivity index (χ0) is 31.0. The third-order valence-corrected chi connectivity index (χ3v) is 7.42. The molecule has 5 rings (SSSR count). The molecule has 43 heavy (non-hydrogen) atoms. The highest BCUT2D eigenvalue weighted by Crippen LogP contribution is 2.33. The van der Waals surface area contributed by atoms with Crippen LogP contribution in [0.2, 0.25) is 0 Å². The average Bonchev–Trinajstić information content (AvgIpc) is 3.34. The summed E-state index contributed by atoms with van der Waals surface area (Å²) in [4.78, 5) is 51.8. The molecule has 0 aliphatic carbocycles. The number of carboxylic acids is 1. The van der Waals surface area contributed by atoms with Crippen LogP contribution >= 0.6 is 0 Å². The summed E-state index contributed by atoms with van der Waals surface area (Å²) in [7, 11) is 0. The number of aromatic nitrogens is 1. The van der Waals surface area contributed by atoms with Crippen LogP contribution in [0.15, 0.2) is 35.3 Å². The van der Waals surface area contributed by atoms with Crippen LogP contribution in [0.4, 0.5) is 39.4 Å². The van der Waals surface area contributed by atoms with Gasteiger partial charge >= 0.3 is 12.1 Å². The number of ether oxygens (including phenoxy) is 1. The van der Waals surface area contributed by atoms with Crippen molar-refractivity contribution in [1.82, 2.24) is 9.88 Å². The topological polar surface area (TPSA) is 124 Å². The van der Waals surface area contributed by atoms with E-state index in [9.17, 15) is 28.7 Å². The Morgan fingerprint density at radius 3 is 2.37 bits per heavy atom. The molecule has 1 aromatic heterocycles. The summed E-state index contributed by atoms with van der Waals surface area (Å²) in [5, 5.41) is 11.4. The molecule has 2 amide bonds. The number of nitrogens with one attached hydrogen (secondary N) is 1. The Bertz CT molecular complexity index is 1670. The van der Waals surface area contributed by atoms with E-state index in [1.165, 1.54) is 28.9 Å². The fraction of sp³-hybridized carbons (Fsp3) is 0.357. The maximum absolute atomic E-state index is 15.8. The monoisotopic (exact) mass is 605 g/mol. The van der Waals surface area contributed by atoms with Gasteiger partial charge in [0.05, 0.1) is 41.9 Å². The van der Waals surface area contributed by atoms with E-state index in [1.54, 1.807) is 11.0 Å². The molecule has 1 unspecified atom stereocenters. The fourth-order valence-corrected chi connectivity index (χ4v) is 5.37. The van der Waals surface area contributed by atoms with Crippen LogP contribution in [-0.4, -0.2) is 79.7 Å². The first kappa shape index (κ1) is 29.7. The van der Waals surface area contributed by atoms with Crippen molar-refractivity contribution >= 4 is 45.9 Å². The number of hydrogen-bond acceptors (Lipinski definition) is 7. The molecule has 0 spiro atoms. The van der Waals surface area contributed by atoms with Gasteiger partial charge in [0.1, 0.15) is 35.7 Å². The number of halogens is 4. The molecule has 0 radical (unpaired) electrons. The lowest BCUT2D eigenvalue weighted by atomic mass is 10.1. The van der Waals surface area contributed by atoms with Crippen LogP contribution in [0.5, 0.6) is 0 Å². The van der Waals surface area contributed by atoms with Crippen LogP contribution in [0, 0.1) is 17.5 Å². The number of fused-ring (bicyclic) bond motifs is 1. The summed E-state index contributed by atoms with van der Waals surface area (Å²) < 4.78 is 65.6. The van der Waals surface area contributed by atoms with Crippen molar-refractivity contribution in [1.29, 1.82) is 0 Å². The second-order valence-electron chi connectivity index (χ2n) is 10.1. The van der Waals surface area contributed by atoms with Gasteiger partial charge in [-0.3, -0.25) is 14.5 Å². The van der Waals surface area contributed by atoms with E-state index in [4.69, 9.17) is 4.74 Å². The third-order valence-electron chi connectivity index (χ3n) is 7.42. The predicted molar refractivity (Wildman–Crippen MR) is 148 cm³/mol. The van der Waals surface area contributed by atoms with Crippen LogP contribution in [0.3, 0.4) is 0 Å². The minimum atomic E-state index is -1.60. The molecule has 2 aromatic carbocycles. The van der Waals surface area contributed by atoms with Crippen molar-refractivity contribution in [2.45, 2.75) is 19.6 Å². The Kier molecular flexibility index (Phi) is 8.15. The summed E-state index contributed by atoms with van der Waals surface area (Å²) in [6, 6.07) is 4.97. The molecule has 2 fully saturated rings. The normalized spacial score (nSPS) is 17.0. The number of rotatable bonds is 8. The van der Waals surface area contributed by atoms with Crippen LogP contribution in [-0.2, 0) is 16.1 Å². The number of carboxylic acid groups (broad SMARTS) is 1. The van der Waals surface area contributed by atoms with Gasteiger partial charge in [0.2, 0.25) is 11.3 Å². The van der Waals surface area contributed by atoms with E-state index in [0.29, 0.717) is 0 Å². The zero-order valence-corrected chi connectivity index (χ0v) is 22.9. The standard InChI is InChI=1S/C28H27F4N5O6/c1-15(38)33-12-17-13-37(28(42)43-17)16-2-3-22(20(30)10-16)34-6-8-35(9-7-34)25-21(31)11-18-24(23(25)32)36(5-4-29)14-19(26(18)39)27(40)41/h2-3,10-11,14,17H,4-9,12-13H2,1H3,(H,33,38)(H,40,41). The van der Waals surface area contributed by atoms with Gasteiger partial charge in [-0.2, -0.15) is 0 Å². The number of carbonyl (C=O) groups excluding carboxylic acids is 2. The van der Waals surface area contributed by atoms with E-state index in [2.05, 4.69) is 5.32 Å². The quantitative estimate of drug-likeness (QED) is 0.376. The summed E-state index contributed by atoms with van der Waals surface area (Å²) >= 11 is 0. The number of aryl methyl sites for hydroxylation is 1. The van der Waals surface area contributed by atoms with Crippen molar-refractivity contribution < 1.29 is 41.8 Å². The number of pyridine rings is 1. The number of alkyl halides is 1. The minimum Gasteiger partial charge on any atom is -0.477 e. The molecular weight excluding hydrogens is 578 g/mol. The molecule has 2 saturated heterocycles. The van der Waals surface area contributed by atoms with Gasteiger partial charge in [0.25, 0.3) is 0 Å². The van der Waals surface area contributed by atoms with Gasteiger partial charge in [-0.1, -0.05) is 0 Å².